The average molecular weight is 402 g/mol. The topological polar surface area (TPSA) is 12.9 Å². The summed E-state index contributed by atoms with van der Waals surface area (Å²) in [5, 5.41) is 1.22. The van der Waals surface area contributed by atoms with E-state index in [9.17, 15) is 4.39 Å². The van der Waals surface area contributed by atoms with Crippen LogP contribution in [0.5, 0.6) is 0 Å². The van der Waals surface area contributed by atoms with Crippen LogP contribution in [0.1, 0.15) is 0 Å². The number of aromatic nitrogens is 1. The lowest BCUT2D eigenvalue weighted by Crippen LogP contribution is -1.92. The van der Waals surface area contributed by atoms with Crippen molar-refractivity contribution in [2.24, 2.45) is 0 Å². The van der Waals surface area contributed by atoms with Crippen LogP contribution in [-0.4, -0.2) is 4.98 Å². The summed E-state index contributed by atoms with van der Waals surface area (Å²) in [6.07, 6.45) is 1.12. The minimum absolute atomic E-state index is 0.388. The Morgan fingerprint density at radius 1 is 1.06 bits per heavy atom. The second-order valence-electron chi connectivity index (χ2n) is 3.23. The highest BCUT2D eigenvalue weighted by molar-refractivity contribution is 14.1. The predicted molar refractivity (Wildman–Crippen MR) is 77.4 cm³/mol. The minimum Gasteiger partial charge on any atom is -0.252 e. The zero-order chi connectivity index (χ0) is 12.6. The Morgan fingerprint density at radius 2 is 1.65 bits per heavy atom. The average Bonchev–Trinajstić information content (AvgIpc) is 2.19. The van der Waals surface area contributed by atoms with Crippen molar-refractivity contribution in [1.82, 2.24) is 4.98 Å². The van der Waals surface area contributed by atoms with E-state index in [1.54, 1.807) is 12.1 Å². The van der Waals surface area contributed by atoms with Crippen LogP contribution in [0.2, 0.25) is 15.1 Å². The van der Waals surface area contributed by atoms with E-state index in [1.165, 1.54) is 6.07 Å². The Morgan fingerprint density at radius 3 is 2.18 bits per heavy atom. The van der Waals surface area contributed by atoms with Gasteiger partial charge in [0.15, 0.2) is 0 Å². The zero-order valence-electron chi connectivity index (χ0n) is 8.15. The number of benzene rings is 1. The van der Waals surface area contributed by atoms with Gasteiger partial charge >= 0.3 is 0 Å². The molecule has 0 saturated heterocycles. The van der Waals surface area contributed by atoms with E-state index in [1.807, 2.05) is 22.6 Å². The summed E-state index contributed by atoms with van der Waals surface area (Å²) >= 11 is 20.0. The Kier molecular flexibility index (Phi) is 4.13. The van der Waals surface area contributed by atoms with Gasteiger partial charge in [-0.05, 0) is 40.8 Å². The van der Waals surface area contributed by atoms with Crippen molar-refractivity contribution in [2.45, 2.75) is 0 Å². The molecule has 0 aliphatic carbocycles. The monoisotopic (exact) mass is 401 g/mol. The smallest absolute Gasteiger partial charge is 0.142 e. The standard InChI is InChI=1S/C11H4Cl3FIN/c12-5-1-7(13)10(8(14)2-5)11-9(16)3-6(15)4-17-11/h1-4H. The van der Waals surface area contributed by atoms with E-state index < -0.39 is 5.82 Å². The summed E-state index contributed by atoms with van der Waals surface area (Å²) in [6, 6.07) is 4.51. The van der Waals surface area contributed by atoms with Crippen molar-refractivity contribution < 1.29 is 4.39 Å². The van der Waals surface area contributed by atoms with Crippen LogP contribution in [0, 0.1) is 9.39 Å². The zero-order valence-corrected chi connectivity index (χ0v) is 12.6. The Bertz CT molecular complexity index is 566. The molecule has 0 N–H and O–H groups in total. The SMILES string of the molecule is Fc1cnc(-c2c(Cl)cc(Cl)cc2Cl)c(I)c1. The van der Waals surface area contributed by atoms with Crippen molar-refractivity contribution in [1.29, 1.82) is 0 Å². The molecule has 0 amide bonds. The van der Waals surface area contributed by atoms with E-state index in [-0.39, 0.29) is 0 Å². The number of halogens is 5. The molecule has 1 heterocycles. The third-order valence-electron chi connectivity index (χ3n) is 2.05. The fourth-order valence-corrected chi connectivity index (χ4v) is 3.07. The first-order valence-electron chi connectivity index (χ1n) is 4.45. The second-order valence-corrected chi connectivity index (χ2v) is 5.64. The number of hydrogen-bond acceptors (Lipinski definition) is 1. The number of hydrogen-bond donors (Lipinski definition) is 0. The summed E-state index contributed by atoms with van der Waals surface area (Å²) in [5.74, 6) is -0.403. The number of nitrogens with zero attached hydrogens (tertiary/aromatic N) is 1. The van der Waals surface area contributed by atoms with Gasteiger partial charge in [0.1, 0.15) is 5.82 Å². The molecule has 1 nitrogen and oxygen atoms in total. The van der Waals surface area contributed by atoms with Gasteiger partial charge in [-0.1, -0.05) is 34.8 Å². The second kappa shape index (κ2) is 5.26. The van der Waals surface area contributed by atoms with Crippen molar-refractivity contribution in [3.63, 3.8) is 0 Å². The molecule has 2 aromatic rings. The highest BCUT2D eigenvalue weighted by Crippen LogP contribution is 2.38. The van der Waals surface area contributed by atoms with E-state index in [0.717, 1.165) is 6.20 Å². The van der Waals surface area contributed by atoms with Crippen LogP contribution >= 0.6 is 57.4 Å². The van der Waals surface area contributed by atoms with E-state index in [0.29, 0.717) is 29.9 Å². The third kappa shape index (κ3) is 2.84. The molecule has 0 saturated carbocycles. The molecule has 0 bridgehead atoms. The maximum absolute atomic E-state index is 13.0. The van der Waals surface area contributed by atoms with Gasteiger partial charge in [0.25, 0.3) is 0 Å². The predicted octanol–water partition coefficient (Wildman–Crippen LogP) is 5.45. The fourth-order valence-electron chi connectivity index (χ4n) is 1.37. The Balaban J connectivity index is 2.68. The van der Waals surface area contributed by atoms with Crippen molar-refractivity contribution >= 4 is 57.4 Å². The molecule has 6 heteroatoms. The molecular formula is C11H4Cl3FIN. The molecule has 0 aliphatic rings. The Labute approximate surface area is 126 Å². The molecule has 0 atom stereocenters. The van der Waals surface area contributed by atoms with Gasteiger partial charge in [-0.2, -0.15) is 0 Å². The molecule has 88 valence electrons. The summed E-state index contributed by atoms with van der Waals surface area (Å²) in [7, 11) is 0. The molecule has 1 aromatic carbocycles. The fraction of sp³-hybridized carbons (Fsp3) is 0. The van der Waals surface area contributed by atoms with Crippen molar-refractivity contribution in [2.75, 3.05) is 0 Å². The molecule has 0 fully saturated rings. The first kappa shape index (κ1) is 13.3. The van der Waals surface area contributed by atoms with Crippen LogP contribution in [0.3, 0.4) is 0 Å². The minimum atomic E-state index is -0.403. The summed E-state index contributed by atoms with van der Waals surface area (Å²) in [5.41, 5.74) is 1.10. The van der Waals surface area contributed by atoms with E-state index >= 15 is 0 Å². The first-order chi connectivity index (χ1) is 7.99. The molecular weight excluding hydrogens is 398 g/mol. The maximum atomic E-state index is 13.0. The molecule has 1 aromatic heterocycles. The van der Waals surface area contributed by atoms with Gasteiger partial charge in [-0.3, -0.25) is 4.98 Å². The molecule has 0 aliphatic heterocycles. The molecule has 0 spiro atoms. The van der Waals surface area contributed by atoms with Crippen LogP contribution in [0.25, 0.3) is 11.3 Å². The van der Waals surface area contributed by atoms with Crippen LogP contribution in [-0.2, 0) is 0 Å². The Hall–Kier alpha value is -0.100. The largest absolute Gasteiger partial charge is 0.252 e. The number of rotatable bonds is 1. The highest BCUT2D eigenvalue weighted by atomic mass is 127. The maximum Gasteiger partial charge on any atom is 0.142 e. The van der Waals surface area contributed by atoms with E-state index in [4.69, 9.17) is 34.8 Å². The molecule has 0 radical (unpaired) electrons. The van der Waals surface area contributed by atoms with Crippen LogP contribution < -0.4 is 0 Å². The van der Waals surface area contributed by atoms with Crippen LogP contribution in [0.4, 0.5) is 4.39 Å². The van der Waals surface area contributed by atoms with E-state index in [2.05, 4.69) is 4.98 Å². The van der Waals surface area contributed by atoms with Gasteiger partial charge in [-0.25, -0.2) is 4.39 Å². The lowest BCUT2D eigenvalue weighted by molar-refractivity contribution is 0.620. The quantitative estimate of drug-likeness (QED) is 0.578. The van der Waals surface area contributed by atoms with Crippen molar-refractivity contribution in [3.05, 3.63) is 48.9 Å². The molecule has 2 rings (SSSR count). The van der Waals surface area contributed by atoms with Gasteiger partial charge < -0.3 is 0 Å². The van der Waals surface area contributed by atoms with Gasteiger partial charge in [0.2, 0.25) is 0 Å². The molecule has 0 unspecified atom stereocenters. The molecule has 17 heavy (non-hydrogen) atoms. The number of pyridine rings is 1. The first-order valence-corrected chi connectivity index (χ1v) is 6.66. The van der Waals surface area contributed by atoms with Gasteiger partial charge in [-0.15, -0.1) is 0 Å². The van der Waals surface area contributed by atoms with Gasteiger partial charge in [0.05, 0.1) is 21.9 Å². The normalized spacial score (nSPS) is 10.6. The lowest BCUT2D eigenvalue weighted by atomic mass is 10.1. The summed E-state index contributed by atoms with van der Waals surface area (Å²) in [6.45, 7) is 0. The van der Waals surface area contributed by atoms with Crippen molar-refractivity contribution in [3.8, 4) is 11.3 Å². The third-order valence-corrected chi connectivity index (χ3v) is 3.69. The highest BCUT2D eigenvalue weighted by Gasteiger charge is 2.14. The summed E-state index contributed by atoms with van der Waals surface area (Å²) < 4.78 is 13.6. The van der Waals surface area contributed by atoms with Crippen LogP contribution in [0.15, 0.2) is 24.4 Å². The summed E-state index contributed by atoms with van der Waals surface area (Å²) in [4.78, 5) is 4.00. The lowest BCUT2D eigenvalue weighted by Gasteiger charge is -2.09. The van der Waals surface area contributed by atoms with Gasteiger partial charge in [0, 0.05) is 14.2 Å².